The molecule has 6 nitrogen and oxygen atoms in total. The maximum Gasteiger partial charge on any atom is 0.257 e. The molecule has 0 radical (unpaired) electrons. The van der Waals surface area contributed by atoms with E-state index in [2.05, 4.69) is 10.4 Å². The van der Waals surface area contributed by atoms with Crippen LogP contribution in [0.15, 0.2) is 24.3 Å². The number of nitrogens with zero attached hydrogens (tertiary/aromatic N) is 3. The third-order valence-electron chi connectivity index (χ3n) is 5.28. The summed E-state index contributed by atoms with van der Waals surface area (Å²) in [6, 6.07) is 6.04. The van der Waals surface area contributed by atoms with E-state index in [-0.39, 0.29) is 23.5 Å². The molecule has 1 fully saturated rings. The van der Waals surface area contributed by atoms with Crippen molar-refractivity contribution in [2.45, 2.75) is 40.0 Å². The monoisotopic (exact) mass is 386 g/mol. The Kier molecular flexibility index (Phi) is 6.11. The van der Waals surface area contributed by atoms with Crippen molar-refractivity contribution in [3.05, 3.63) is 47.0 Å². The van der Waals surface area contributed by atoms with Crippen LogP contribution >= 0.6 is 0 Å². The van der Waals surface area contributed by atoms with E-state index in [1.54, 1.807) is 21.7 Å². The number of carbonyl (C=O) groups is 2. The number of aromatic nitrogens is 2. The number of likely N-dealkylation sites (tertiary alicyclic amines) is 1. The molecule has 3 rings (SSSR count). The second kappa shape index (κ2) is 8.54. The van der Waals surface area contributed by atoms with Crippen molar-refractivity contribution >= 4 is 11.8 Å². The van der Waals surface area contributed by atoms with Gasteiger partial charge in [-0.3, -0.25) is 9.59 Å². The fourth-order valence-electron chi connectivity index (χ4n) is 3.68. The molecule has 2 heterocycles. The second-order valence-electron chi connectivity index (χ2n) is 7.29. The first-order chi connectivity index (χ1) is 13.4. The summed E-state index contributed by atoms with van der Waals surface area (Å²) in [7, 11) is 0. The Balaban J connectivity index is 1.72. The van der Waals surface area contributed by atoms with Crippen molar-refractivity contribution in [2.75, 3.05) is 19.6 Å². The molecule has 150 valence electrons. The molecule has 2 amide bonds. The molecule has 1 saturated heterocycles. The zero-order chi connectivity index (χ0) is 20.3. The minimum atomic E-state index is -0.313. The maximum atomic E-state index is 13.2. The van der Waals surface area contributed by atoms with E-state index in [1.807, 2.05) is 20.8 Å². The van der Waals surface area contributed by atoms with Gasteiger partial charge < -0.3 is 10.2 Å². The highest BCUT2D eigenvalue weighted by Crippen LogP contribution is 2.23. The predicted octanol–water partition coefficient (Wildman–Crippen LogP) is 3.01. The van der Waals surface area contributed by atoms with Gasteiger partial charge in [-0.2, -0.15) is 5.10 Å². The lowest BCUT2D eigenvalue weighted by Gasteiger charge is -2.31. The van der Waals surface area contributed by atoms with Gasteiger partial charge in [0.1, 0.15) is 5.82 Å². The molecule has 0 aliphatic carbocycles. The Bertz CT molecular complexity index is 852. The molecule has 7 heteroatoms. The average molecular weight is 386 g/mol. The third-order valence-corrected chi connectivity index (χ3v) is 5.28. The third kappa shape index (κ3) is 4.08. The quantitative estimate of drug-likeness (QED) is 0.859. The van der Waals surface area contributed by atoms with Crippen LogP contribution in [0.2, 0.25) is 0 Å². The van der Waals surface area contributed by atoms with Gasteiger partial charge in [-0.25, -0.2) is 9.07 Å². The predicted molar refractivity (Wildman–Crippen MR) is 105 cm³/mol. The van der Waals surface area contributed by atoms with E-state index in [1.165, 1.54) is 12.1 Å². The van der Waals surface area contributed by atoms with E-state index in [0.29, 0.717) is 49.4 Å². The minimum absolute atomic E-state index is 0.0280. The van der Waals surface area contributed by atoms with Crippen LogP contribution in [-0.4, -0.2) is 46.1 Å². The number of aryl methyl sites for hydroxylation is 1. The maximum absolute atomic E-state index is 13.2. The Labute approximate surface area is 164 Å². The summed E-state index contributed by atoms with van der Waals surface area (Å²) in [6.07, 6.45) is 2.26. The molecule has 1 aliphatic rings. The van der Waals surface area contributed by atoms with Crippen LogP contribution < -0.4 is 5.32 Å². The molecule has 1 aromatic heterocycles. The van der Waals surface area contributed by atoms with Crippen molar-refractivity contribution in [1.29, 1.82) is 0 Å². The highest BCUT2D eigenvalue weighted by Gasteiger charge is 2.30. The number of piperidine rings is 1. The van der Waals surface area contributed by atoms with Crippen LogP contribution in [0.4, 0.5) is 4.39 Å². The van der Waals surface area contributed by atoms with Crippen LogP contribution in [-0.2, 0) is 4.79 Å². The van der Waals surface area contributed by atoms with Crippen molar-refractivity contribution < 1.29 is 14.0 Å². The number of carbonyl (C=O) groups excluding carboxylic acids is 2. The van der Waals surface area contributed by atoms with Gasteiger partial charge in [-0.05, 0) is 57.4 Å². The Morgan fingerprint density at radius 1 is 1.18 bits per heavy atom. The van der Waals surface area contributed by atoms with Crippen LogP contribution in [0, 0.1) is 25.6 Å². The molecular formula is C21H27FN4O2. The fraction of sp³-hybridized carbons (Fsp3) is 0.476. The molecule has 0 saturated carbocycles. The number of benzene rings is 1. The lowest BCUT2D eigenvalue weighted by atomic mass is 9.95. The lowest BCUT2D eigenvalue weighted by Crippen LogP contribution is -2.43. The normalized spacial score (nSPS) is 14.9. The van der Waals surface area contributed by atoms with Gasteiger partial charge in [0.15, 0.2) is 0 Å². The van der Waals surface area contributed by atoms with Crippen molar-refractivity contribution in [3.63, 3.8) is 0 Å². The van der Waals surface area contributed by atoms with Crippen LogP contribution in [0.1, 0.15) is 47.9 Å². The van der Waals surface area contributed by atoms with Gasteiger partial charge in [0.25, 0.3) is 5.91 Å². The van der Waals surface area contributed by atoms with Crippen molar-refractivity contribution in [3.8, 4) is 5.69 Å². The van der Waals surface area contributed by atoms with Crippen LogP contribution in [0.25, 0.3) is 5.69 Å². The zero-order valence-corrected chi connectivity index (χ0v) is 16.7. The number of rotatable bonds is 5. The standard InChI is InChI=1S/C21H27FN4O2/c1-4-11-23-20(27)16-9-12-25(13-10-16)21(28)19-14(2)24-26(15(19)3)18-7-5-17(22)6-8-18/h5-8,16H,4,9-13H2,1-3H3,(H,23,27). The van der Waals surface area contributed by atoms with Crippen molar-refractivity contribution in [2.24, 2.45) is 5.92 Å². The molecule has 0 atom stereocenters. The summed E-state index contributed by atoms with van der Waals surface area (Å²) >= 11 is 0. The van der Waals surface area contributed by atoms with E-state index in [0.717, 1.165) is 12.1 Å². The minimum Gasteiger partial charge on any atom is -0.356 e. The molecular weight excluding hydrogens is 359 g/mol. The highest BCUT2D eigenvalue weighted by molar-refractivity contribution is 5.96. The summed E-state index contributed by atoms with van der Waals surface area (Å²) < 4.78 is 14.9. The topological polar surface area (TPSA) is 67.2 Å². The Morgan fingerprint density at radius 3 is 2.43 bits per heavy atom. The van der Waals surface area contributed by atoms with Crippen LogP contribution in [0.3, 0.4) is 0 Å². The number of halogens is 1. The Morgan fingerprint density at radius 2 is 1.82 bits per heavy atom. The van der Waals surface area contributed by atoms with Gasteiger partial charge >= 0.3 is 0 Å². The summed E-state index contributed by atoms with van der Waals surface area (Å²) in [6.45, 7) is 7.50. The van der Waals surface area contributed by atoms with E-state index < -0.39 is 0 Å². The molecule has 0 unspecified atom stereocenters. The fourth-order valence-corrected chi connectivity index (χ4v) is 3.68. The highest BCUT2D eigenvalue weighted by atomic mass is 19.1. The number of hydrogen-bond acceptors (Lipinski definition) is 3. The molecule has 2 aromatic rings. The van der Waals surface area contributed by atoms with Crippen molar-refractivity contribution in [1.82, 2.24) is 20.0 Å². The molecule has 1 N–H and O–H groups in total. The molecule has 28 heavy (non-hydrogen) atoms. The van der Waals surface area contributed by atoms with Gasteiger partial charge in [-0.15, -0.1) is 0 Å². The summed E-state index contributed by atoms with van der Waals surface area (Å²) in [5.74, 6) is -0.312. The largest absolute Gasteiger partial charge is 0.356 e. The summed E-state index contributed by atoms with van der Waals surface area (Å²) in [5, 5.41) is 7.42. The van der Waals surface area contributed by atoms with Gasteiger partial charge in [0, 0.05) is 25.6 Å². The molecule has 1 aromatic carbocycles. The van der Waals surface area contributed by atoms with Gasteiger partial charge in [0.2, 0.25) is 5.91 Å². The Hall–Kier alpha value is -2.70. The average Bonchev–Trinajstić information content (AvgIpc) is 3.00. The summed E-state index contributed by atoms with van der Waals surface area (Å²) in [4.78, 5) is 27.0. The molecule has 1 aliphatic heterocycles. The number of nitrogens with one attached hydrogen (secondary N) is 1. The lowest BCUT2D eigenvalue weighted by molar-refractivity contribution is -0.126. The smallest absolute Gasteiger partial charge is 0.257 e. The molecule has 0 bridgehead atoms. The first-order valence-corrected chi connectivity index (χ1v) is 9.81. The van der Waals surface area contributed by atoms with E-state index in [9.17, 15) is 14.0 Å². The van der Waals surface area contributed by atoms with E-state index >= 15 is 0 Å². The SMILES string of the molecule is CCCNC(=O)C1CCN(C(=O)c2c(C)nn(-c3ccc(F)cc3)c2C)CC1. The first kappa shape index (κ1) is 20.0. The van der Waals surface area contributed by atoms with Crippen LogP contribution in [0.5, 0.6) is 0 Å². The van der Waals surface area contributed by atoms with E-state index in [4.69, 9.17) is 0 Å². The van der Waals surface area contributed by atoms with Gasteiger partial charge in [0.05, 0.1) is 22.6 Å². The first-order valence-electron chi connectivity index (χ1n) is 9.81. The second-order valence-corrected chi connectivity index (χ2v) is 7.29. The number of hydrogen-bond donors (Lipinski definition) is 1. The summed E-state index contributed by atoms with van der Waals surface area (Å²) in [5.41, 5.74) is 2.68. The molecule has 0 spiro atoms. The number of amides is 2. The van der Waals surface area contributed by atoms with Gasteiger partial charge in [-0.1, -0.05) is 6.92 Å². The zero-order valence-electron chi connectivity index (χ0n) is 16.7.